The minimum atomic E-state index is -0.722. The van der Waals surface area contributed by atoms with Gasteiger partial charge in [-0.25, -0.2) is 4.99 Å². The highest BCUT2D eigenvalue weighted by atomic mass is 35.5. The maximum atomic E-state index is 13.9. The van der Waals surface area contributed by atoms with Crippen molar-refractivity contribution in [3.05, 3.63) is 120 Å². The molecule has 0 saturated heterocycles. The maximum absolute atomic E-state index is 13.9. The van der Waals surface area contributed by atoms with E-state index in [9.17, 15) is 14.4 Å². The lowest BCUT2D eigenvalue weighted by molar-refractivity contribution is -0.132. The van der Waals surface area contributed by atoms with Crippen LogP contribution >= 0.6 is 22.9 Å². The molecule has 0 fully saturated rings. The monoisotopic (exact) mass is 573 g/mol. The molecule has 40 heavy (non-hydrogen) atoms. The Kier molecular flexibility index (Phi) is 7.68. The number of ether oxygens (including phenoxy) is 2. The summed E-state index contributed by atoms with van der Waals surface area (Å²) in [5.41, 5.74) is 2.58. The molecule has 0 radical (unpaired) electrons. The van der Waals surface area contributed by atoms with Crippen molar-refractivity contribution in [3.8, 4) is 11.5 Å². The van der Waals surface area contributed by atoms with Crippen molar-refractivity contribution in [2.75, 3.05) is 12.4 Å². The predicted octanol–water partition coefficient (Wildman–Crippen LogP) is 4.46. The third-order valence-electron chi connectivity index (χ3n) is 6.22. The first kappa shape index (κ1) is 27.1. The number of carbonyl (C=O) groups is 2. The Balaban J connectivity index is 1.63. The van der Waals surface area contributed by atoms with Crippen LogP contribution in [-0.4, -0.2) is 23.6 Å². The molecule has 0 saturated carbocycles. The van der Waals surface area contributed by atoms with E-state index in [2.05, 4.69) is 10.3 Å². The molecule has 0 bridgehead atoms. The first-order valence-electron chi connectivity index (χ1n) is 12.3. The van der Waals surface area contributed by atoms with E-state index >= 15 is 0 Å². The number of esters is 1. The van der Waals surface area contributed by atoms with Crippen LogP contribution < -0.4 is 29.7 Å². The lowest BCUT2D eigenvalue weighted by atomic mass is 9.95. The number of benzene rings is 3. The highest BCUT2D eigenvalue weighted by Crippen LogP contribution is 2.32. The van der Waals surface area contributed by atoms with Crippen LogP contribution in [0.1, 0.15) is 31.0 Å². The number of rotatable bonds is 6. The van der Waals surface area contributed by atoms with Gasteiger partial charge in [0, 0.05) is 17.6 Å². The molecule has 1 aliphatic heterocycles. The summed E-state index contributed by atoms with van der Waals surface area (Å²) in [6.45, 7) is 3.07. The number of para-hydroxylation sites is 1. The van der Waals surface area contributed by atoms with Crippen molar-refractivity contribution in [3.63, 3.8) is 0 Å². The summed E-state index contributed by atoms with van der Waals surface area (Å²) in [6, 6.07) is 20.5. The molecule has 0 spiro atoms. The van der Waals surface area contributed by atoms with Crippen molar-refractivity contribution in [1.82, 2.24) is 4.57 Å². The second-order valence-electron chi connectivity index (χ2n) is 8.96. The molecule has 2 heterocycles. The zero-order valence-corrected chi connectivity index (χ0v) is 23.4. The molecule has 3 aromatic carbocycles. The van der Waals surface area contributed by atoms with Gasteiger partial charge in [-0.05, 0) is 60.5 Å². The van der Waals surface area contributed by atoms with Crippen molar-refractivity contribution in [1.29, 1.82) is 0 Å². The van der Waals surface area contributed by atoms with Crippen LogP contribution in [0.2, 0.25) is 5.02 Å². The van der Waals surface area contributed by atoms with Gasteiger partial charge < -0.3 is 14.8 Å². The third kappa shape index (κ3) is 5.47. The van der Waals surface area contributed by atoms with Crippen molar-refractivity contribution >= 4 is 46.6 Å². The molecule has 1 amide bonds. The fourth-order valence-corrected chi connectivity index (χ4v) is 5.63. The number of nitrogens with zero attached hydrogens (tertiary/aromatic N) is 2. The van der Waals surface area contributed by atoms with E-state index in [1.54, 1.807) is 67.6 Å². The molecule has 1 unspecified atom stereocenters. The van der Waals surface area contributed by atoms with Gasteiger partial charge in [0.25, 0.3) is 11.5 Å². The van der Waals surface area contributed by atoms with Gasteiger partial charge in [-0.3, -0.25) is 19.0 Å². The number of fused-ring (bicyclic) bond motifs is 1. The summed E-state index contributed by atoms with van der Waals surface area (Å²) >= 11 is 7.37. The highest BCUT2D eigenvalue weighted by molar-refractivity contribution is 7.07. The van der Waals surface area contributed by atoms with E-state index in [0.29, 0.717) is 42.6 Å². The number of anilines is 1. The largest absolute Gasteiger partial charge is 0.493 e. The standard InChI is InChI=1S/C30H24ClN3O5S/c1-17-26(28(36)33-22-7-5-4-6-8-22)27(20-10-12-21(31)13-11-20)34-29(37)25(40-30(34)32-17)16-19-9-14-23(39-18(2)35)24(15-19)38-3/h4-16,27H,1-3H3,(H,33,36). The van der Waals surface area contributed by atoms with Gasteiger partial charge in [0.1, 0.15) is 0 Å². The van der Waals surface area contributed by atoms with E-state index in [1.165, 1.54) is 29.9 Å². The number of hydrogen-bond acceptors (Lipinski definition) is 7. The predicted molar refractivity (Wildman–Crippen MR) is 155 cm³/mol. The maximum Gasteiger partial charge on any atom is 0.308 e. The molecule has 0 aliphatic carbocycles. The summed E-state index contributed by atoms with van der Waals surface area (Å²) in [7, 11) is 1.47. The molecule has 4 aromatic rings. The lowest BCUT2D eigenvalue weighted by Gasteiger charge is -2.25. The molecule has 202 valence electrons. The Morgan fingerprint density at radius 2 is 1.77 bits per heavy atom. The fraction of sp³-hybridized carbons (Fsp3) is 0.133. The zero-order chi connectivity index (χ0) is 28.4. The minimum Gasteiger partial charge on any atom is -0.493 e. The first-order valence-corrected chi connectivity index (χ1v) is 13.5. The minimum absolute atomic E-state index is 0.279. The van der Waals surface area contributed by atoms with E-state index in [-0.39, 0.29) is 17.2 Å². The van der Waals surface area contributed by atoms with Gasteiger partial charge >= 0.3 is 5.97 Å². The van der Waals surface area contributed by atoms with Gasteiger partial charge in [-0.2, -0.15) is 0 Å². The van der Waals surface area contributed by atoms with Gasteiger partial charge in [0.2, 0.25) is 0 Å². The smallest absolute Gasteiger partial charge is 0.308 e. The third-order valence-corrected chi connectivity index (χ3v) is 7.46. The van der Waals surface area contributed by atoms with Crippen LogP contribution in [0.25, 0.3) is 6.08 Å². The molecular formula is C30H24ClN3O5S. The summed E-state index contributed by atoms with van der Waals surface area (Å²) in [5, 5.41) is 3.47. The van der Waals surface area contributed by atoms with Crippen LogP contribution in [-0.2, 0) is 9.59 Å². The Hall–Kier alpha value is -4.47. The number of halogens is 1. The van der Waals surface area contributed by atoms with E-state index in [4.69, 9.17) is 21.1 Å². The number of nitrogens with one attached hydrogen (secondary N) is 1. The van der Waals surface area contributed by atoms with Gasteiger partial charge in [0.15, 0.2) is 16.3 Å². The van der Waals surface area contributed by atoms with Gasteiger partial charge in [-0.15, -0.1) is 0 Å². The highest BCUT2D eigenvalue weighted by Gasteiger charge is 2.32. The van der Waals surface area contributed by atoms with Crippen LogP contribution in [0.15, 0.2) is 93.9 Å². The fourth-order valence-electron chi connectivity index (χ4n) is 4.46. The summed E-state index contributed by atoms with van der Waals surface area (Å²) in [6.07, 6.45) is 1.71. The van der Waals surface area contributed by atoms with Crippen LogP contribution in [0.5, 0.6) is 11.5 Å². The second-order valence-corrected chi connectivity index (χ2v) is 10.4. The lowest BCUT2D eigenvalue weighted by Crippen LogP contribution is -2.40. The summed E-state index contributed by atoms with van der Waals surface area (Å²) in [5.74, 6) is -0.191. The first-order chi connectivity index (χ1) is 19.2. The number of carbonyl (C=O) groups excluding carboxylic acids is 2. The van der Waals surface area contributed by atoms with Crippen LogP contribution in [0, 0.1) is 0 Å². The zero-order valence-electron chi connectivity index (χ0n) is 21.8. The molecule has 1 aliphatic rings. The summed E-state index contributed by atoms with van der Waals surface area (Å²) < 4.78 is 12.5. The number of thiazole rings is 1. The molecular weight excluding hydrogens is 550 g/mol. The number of hydrogen-bond donors (Lipinski definition) is 1. The van der Waals surface area contributed by atoms with E-state index in [0.717, 1.165) is 5.56 Å². The molecule has 1 N–H and O–H groups in total. The second kappa shape index (κ2) is 11.3. The van der Waals surface area contributed by atoms with E-state index in [1.807, 2.05) is 18.2 Å². The topological polar surface area (TPSA) is 99.0 Å². The molecule has 1 atom stereocenters. The average molecular weight is 574 g/mol. The normalized spacial score (nSPS) is 14.8. The molecule has 1 aromatic heterocycles. The van der Waals surface area contributed by atoms with Gasteiger partial charge in [-0.1, -0.05) is 59.3 Å². The molecule has 8 nitrogen and oxygen atoms in total. The Labute approximate surface area is 238 Å². The Morgan fingerprint density at radius 1 is 1.05 bits per heavy atom. The number of methoxy groups -OCH3 is 1. The Bertz CT molecular complexity index is 1830. The Morgan fingerprint density at radius 3 is 2.45 bits per heavy atom. The summed E-state index contributed by atoms with van der Waals surface area (Å²) in [4.78, 5) is 44.0. The van der Waals surface area contributed by atoms with Crippen LogP contribution in [0.4, 0.5) is 5.69 Å². The van der Waals surface area contributed by atoms with Gasteiger partial charge in [0.05, 0.1) is 29.0 Å². The molecule has 5 rings (SSSR count). The quantitative estimate of drug-likeness (QED) is 0.271. The van der Waals surface area contributed by atoms with Crippen molar-refractivity contribution < 1.29 is 19.1 Å². The van der Waals surface area contributed by atoms with Crippen molar-refractivity contribution in [2.24, 2.45) is 4.99 Å². The van der Waals surface area contributed by atoms with Crippen LogP contribution in [0.3, 0.4) is 0 Å². The number of aromatic nitrogens is 1. The molecule has 10 heteroatoms. The number of amides is 1. The number of allylic oxidation sites excluding steroid dienone is 1. The van der Waals surface area contributed by atoms with E-state index < -0.39 is 12.0 Å². The average Bonchev–Trinajstić information content (AvgIpc) is 3.23. The SMILES string of the molecule is COc1cc(C=c2sc3n(c2=O)C(c2ccc(Cl)cc2)C(C(=O)Nc2ccccc2)=C(C)N=3)ccc1OC(C)=O. The van der Waals surface area contributed by atoms with Crippen molar-refractivity contribution in [2.45, 2.75) is 19.9 Å².